The van der Waals surface area contributed by atoms with Crippen molar-refractivity contribution >= 4 is 32.4 Å². The summed E-state index contributed by atoms with van der Waals surface area (Å²) in [6.45, 7) is -1.92. The normalized spacial score (nSPS) is 16.9. The van der Waals surface area contributed by atoms with Crippen LogP contribution >= 0.6 is 32.4 Å². The van der Waals surface area contributed by atoms with E-state index in [1.807, 2.05) is 6.26 Å². The van der Waals surface area contributed by atoms with E-state index < -0.39 is 6.85 Å². The van der Waals surface area contributed by atoms with E-state index in [1.54, 1.807) is 17.8 Å². The fourth-order valence-corrected chi connectivity index (χ4v) is 3.22. The van der Waals surface area contributed by atoms with Crippen molar-refractivity contribution < 1.29 is 4.11 Å². The standard InChI is InChI=1S/C5H7S3/c1-4-3-5(6-2)8-7-4/h3H,1-2H3/q+1/i1D3. The van der Waals surface area contributed by atoms with Gasteiger partial charge in [0.15, 0.2) is 10.3 Å². The van der Waals surface area contributed by atoms with E-state index >= 15 is 0 Å². The molecule has 1 rings (SSSR count). The maximum atomic E-state index is 7.10. The van der Waals surface area contributed by atoms with Crippen molar-refractivity contribution in [1.29, 1.82) is 0 Å². The molecule has 3 heteroatoms. The molecule has 44 valence electrons. The molecule has 0 atom stereocenters. The van der Waals surface area contributed by atoms with Gasteiger partial charge in [-0.2, -0.15) is 0 Å². The summed E-state index contributed by atoms with van der Waals surface area (Å²) in [7, 11) is 2.86. The van der Waals surface area contributed by atoms with Gasteiger partial charge in [0.2, 0.25) is 0 Å². The highest BCUT2D eigenvalue weighted by Gasteiger charge is 2.07. The van der Waals surface area contributed by atoms with E-state index in [2.05, 4.69) is 0 Å². The predicted octanol–water partition coefficient (Wildman–Crippen LogP) is 3.12. The van der Waals surface area contributed by atoms with Crippen LogP contribution in [-0.4, -0.2) is 6.26 Å². The minimum absolute atomic E-state index is 0.492. The molecule has 8 heavy (non-hydrogen) atoms. The van der Waals surface area contributed by atoms with Crippen LogP contribution in [0.15, 0.2) is 10.3 Å². The van der Waals surface area contributed by atoms with Crippen LogP contribution < -0.4 is 0 Å². The van der Waals surface area contributed by atoms with Gasteiger partial charge in [0.25, 0.3) is 4.21 Å². The zero-order valence-electron chi connectivity index (χ0n) is 7.30. The van der Waals surface area contributed by atoms with Gasteiger partial charge in [-0.3, -0.25) is 0 Å². The monoisotopic (exact) mass is 166 g/mol. The summed E-state index contributed by atoms with van der Waals surface area (Å²) in [6.07, 6.45) is 1.95. The van der Waals surface area contributed by atoms with Gasteiger partial charge in [0.05, 0.1) is 4.88 Å². The minimum Gasteiger partial charge on any atom is -0.0666 e. The van der Waals surface area contributed by atoms with E-state index in [1.165, 1.54) is 20.7 Å². The van der Waals surface area contributed by atoms with Crippen LogP contribution in [-0.2, 0) is 0 Å². The Hall–Kier alpha value is 0.400. The Labute approximate surface area is 65.2 Å². The lowest BCUT2D eigenvalue weighted by Crippen LogP contribution is -1.52. The second-order valence-corrected chi connectivity index (χ2v) is 4.52. The molecule has 1 aromatic heterocycles. The SMILES string of the molecule is [2H]C([2H])([2H])c1cc(SC)[s+]s1. The van der Waals surface area contributed by atoms with Crippen molar-refractivity contribution in [3.63, 3.8) is 0 Å². The Morgan fingerprint density at radius 3 is 3.25 bits per heavy atom. The maximum Gasteiger partial charge on any atom is 0.307 e. The second kappa shape index (κ2) is 2.80. The maximum absolute atomic E-state index is 7.10. The van der Waals surface area contributed by atoms with Crippen LogP contribution in [0, 0.1) is 6.85 Å². The molecule has 1 heterocycles. The number of aryl methyl sites for hydroxylation is 1. The third kappa shape index (κ3) is 1.44. The molecule has 0 aliphatic rings. The van der Waals surface area contributed by atoms with E-state index in [4.69, 9.17) is 4.11 Å². The minimum atomic E-state index is -1.92. The van der Waals surface area contributed by atoms with Crippen molar-refractivity contribution in [3.05, 3.63) is 10.9 Å². The molecule has 0 amide bonds. The lowest BCUT2D eigenvalue weighted by atomic mass is 10.6. The Morgan fingerprint density at radius 2 is 2.88 bits per heavy atom. The average Bonchev–Trinajstić information content (AvgIpc) is 2.32. The van der Waals surface area contributed by atoms with Crippen LogP contribution in [0.1, 0.15) is 8.99 Å². The van der Waals surface area contributed by atoms with Gasteiger partial charge in [0, 0.05) is 10.2 Å². The first kappa shape index (κ1) is 3.54. The van der Waals surface area contributed by atoms with Gasteiger partial charge in [-0.25, -0.2) is 0 Å². The first-order valence-corrected chi connectivity index (χ1v) is 5.39. The summed E-state index contributed by atoms with van der Waals surface area (Å²) in [5.74, 6) is 0. The van der Waals surface area contributed by atoms with Crippen LogP contribution in [0.2, 0.25) is 0 Å². The Bertz CT molecular complexity index is 239. The molecule has 0 aliphatic heterocycles. The van der Waals surface area contributed by atoms with Crippen LogP contribution in [0.5, 0.6) is 0 Å². The molecule has 0 unspecified atom stereocenters. The van der Waals surface area contributed by atoms with Crippen molar-refractivity contribution in [1.82, 2.24) is 0 Å². The van der Waals surface area contributed by atoms with Gasteiger partial charge in [-0.05, 0) is 13.1 Å². The number of hydrogen-bond donors (Lipinski definition) is 0. The molecular weight excluding hydrogens is 156 g/mol. The Balaban J connectivity index is 2.89. The van der Waals surface area contributed by atoms with Gasteiger partial charge in [-0.1, -0.05) is 11.8 Å². The highest BCUT2D eigenvalue weighted by atomic mass is 32.9. The number of rotatable bonds is 1. The summed E-state index contributed by atoms with van der Waals surface area (Å²) in [5.41, 5.74) is 0. The van der Waals surface area contributed by atoms with E-state index in [0.29, 0.717) is 4.88 Å². The fourth-order valence-electron chi connectivity index (χ4n) is 0.334. The Kier molecular flexibility index (Phi) is 1.24. The van der Waals surface area contributed by atoms with Gasteiger partial charge in [0.1, 0.15) is 0 Å². The molecule has 0 nitrogen and oxygen atoms in total. The van der Waals surface area contributed by atoms with Crippen LogP contribution in [0.4, 0.5) is 0 Å². The highest BCUT2D eigenvalue weighted by Crippen LogP contribution is 2.28. The first-order chi connectivity index (χ1) is 5.04. The lowest BCUT2D eigenvalue weighted by Gasteiger charge is -1.67. The highest BCUT2D eigenvalue weighted by molar-refractivity contribution is 8.02. The molecule has 0 aliphatic carbocycles. The quantitative estimate of drug-likeness (QED) is 0.351. The summed E-state index contributed by atoms with van der Waals surface area (Å²) in [5, 5.41) is 0. The van der Waals surface area contributed by atoms with Crippen molar-refractivity contribution in [2.24, 2.45) is 0 Å². The lowest BCUT2D eigenvalue weighted by molar-refractivity contribution is 1.57. The average molecular weight is 166 g/mol. The van der Waals surface area contributed by atoms with Crippen molar-refractivity contribution in [2.45, 2.75) is 11.1 Å². The van der Waals surface area contributed by atoms with Crippen molar-refractivity contribution in [3.8, 4) is 0 Å². The molecule has 0 spiro atoms. The predicted molar refractivity (Wildman–Crippen MR) is 43.1 cm³/mol. The first-order valence-electron chi connectivity index (χ1n) is 3.51. The molecule has 0 saturated carbocycles. The fraction of sp³-hybridized carbons (Fsp3) is 0.400. The number of thioether (sulfide) groups is 1. The van der Waals surface area contributed by atoms with Gasteiger partial charge in [-0.15, -0.1) is 0 Å². The smallest absolute Gasteiger partial charge is 0.0666 e. The molecule has 0 radical (unpaired) electrons. The topological polar surface area (TPSA) is 0 Å². The Morgan fingerprint density at radius 1 is 2.00 bits per heavy atom. The molecule has 0 fully saturated rings. The molecule has 0 aromatic carbocycles. The zero-order valence-corrected chi connectivity index (χ0v) is 6.75. The number of hydrogen-bond acceptors (Lipinski definition) is 2. The third-order valence-corrected chi connectivity index (χ3v) is 4.24. The largest absolute Gasteiger partial charge is 0.307 e. The molecule has 0 bridgehead atoms. The van der Waals surface area contributed by atoms with Gasteiger partial charge >= 0.3 is 10.3 Å². The van der Waals surface area contributed by atoms with E-state index in [0.717, 1.165) is 4.21 Å². The second-order valence-electron chi connectivity index (χ2n) is 1.20. The van der Waals surface area contributed by atoms with Gasteiger partial charge < -0.3 is 0 Å². The van der Waals surface area contributed by atoms with Crippen molar-refractivity contribution in [2.75, 3.05) is 6.26 Å². The molecule has 0 N–H and O–H groups in total. The van der Waals surface area contributed by atoms with Crippen LogP contribution in [0.25, 0.3) is 0 Å². The summed E-state index contributed by atoms with van der Waals surface area (Å²) in [6, 6.07) is 1.74. The third-order valence-electron chi connectivity index (χ3n) is 0.664. The summed E-state index contributed by atoms with van der Waals surface area (Å²) >= 11 is 1.58. The zero-order chi connectivity index (χ0) is 8.48. The van der Waals surface area contributed by atoms with Crippen LogP contribution in [0.3, 0.4) is 0 Å². The summed E-state index contributed by atoms with van der Waals surface area (Å²) < 4.78 is 22.4. The molecule has 1 aromatic rings. The van der Waals surface area contributed by atoms with E-state index in [9.17, 15) is 0 Å². The molecular formula is C5H7S3+. The summed E-state index contributed by atoms with van der Waals surface area (Å²) in [4.78, 5) is 0.492. The van der Waals surface area contributed by atoms with E-state index in [-0.39, 0.29) is 0 Å². The molecule has 0 saturated heterocycles.